The Hall–Kier alpha value is -0.690. The van der Waals surface area contributed by atoms with Gasteiger partial charge in [-0.15, -0.1) is 0 Å². The van der Waals surface area contributed by atoms with Crippen molar-refractivity contribution in [2.75, 3.05) is 39.5 Å². The predicted octanol–water partition coefficient (Wildman–Crippen LogP) is 3.67. The average molecular weight is 406 g/mol. The summed E-state index contributed by atoms with van der Waals surface area (Å²) < 4.78 is 0. The molecule has 0 aromatic rings. The molecular formula is C22H47NO5. The van der Waals surface area contributed by atoms with E-state index in [1.807, 2.05) is 0 Å². The Labute approximate surface area is 173 Å². The van der Waals surface area contributed by atoms with Crippen LogP contribution in [-0.4, -0.2) is 70.8 Å². The fraction of sp³-hybridized carbons (Fsp3) is 0.955. The van der Waals surface area contributed by atoms with E-state index in [0.717, 1.165) is 18.8 Å². The van der Waals surface area contributed by atoms with Crippen LogP contribution in [0.25, 0.3) is 0 Å². The molecule has 0 heterocycles. The van der Waals surface area contributed by atoms with Crippen molar-refractivity contribution in [3.8, 4) is 0 Å². The second-order valence-corrected chi connectivity index (χ2v) is 7.87. The lowest BCUT2D eigenvalue weighted by Crippen LogP contribution is -2.32. The number of carboxylic acids is 1. The zero-order chi connectivity index (χ0) is 21.5. The molecule has 0 aromatic carbocycles. The number of rotatable bonds is 19. The lowest BCUT2D eigenvalue weighted by molar-refractivity contribution is -0.137. The maximum absolute atomic E-state index is 10.3. The van der Waals surface area contributed by atoms with E-state index < -0.39 is 5.97 Å². The fourth-order valence-electron chi connectivity index (χ4n) is 3.00. The van der Waals surface area contributed by atoms with Crippen molar-refractivity contribution in [3.63, 3.8) is 0 Å². The molecule has 0 rings (SSSR count). The van der Waals surface area contributed by atoms with E-state index in [2.05, 4.69) is 13.8 Å². The van der Waals surface area contributed by atoms with Crippen LogP contribution in [-0.2, 0) is 4.79 Å². The maximum atomic E-state index is 10.3. The zero-order valence-corrected chi connectivity index (χ0v) is 18.4. The molecule has 0 bridgehead atoms. The molecule has 0 saturated heterocycles. The quantitative estimate of drug-likeness (QED) is 0.245. The zero-order valence-electron chi connectivity index (χ0n) is 18.4. The van der Waals surface area contributed by atoms with Crippen LogP contribution in [0.3, 0.4) is 0 Å². The van der Waals surface area contributed by atoms with Gasteiger partial charge in [-0.05, 0) is 12.3 Å². The van der Waals surface area contributed by atoms with Crippen LogP contribution in [0, 0.1) is 5.92 Å². The van der Waals surface area contributed by atoms with Crippen molar-refractivity contribution in [2.24, 2.45) is 5.92 Å². The largest absolute Gasteiger partial charge is 0.481 e. The molecular weight excluding hydrogens is 358 g/mol. The number of carbonyl (C=O) groups is 1. The van der Waals surface area contributed by atoms with Crippen LogP contribution in [0.1, 0.15) is 90.9 Å². The van der Waals surface area contributed by atoms with Gasteiger partial charge >= 0.3 is 5.97 Å². The van der Waals surface area contributed by atoms with Gasteiger partial charge in [0.05, 0.1) is 19.8 Å². The normalized spacial score (nSPS) is 11.0. The molecule has 6 nitrogen and oxygen atoms in total. The maximum Gasteiger partial charge on any atom is 0.303 e. The Morgan fingerprint density at radius 1 is 0.679 bits per heavy atom. The molecule has 6 heteroatoms. The number of hydrogen-bond acceptors (Lipinski definition) is 5. The van der Waals surface area contributed by atoms with Gasteiger partial charge in [0.25, 0.3) is 0 Å². The van der Waals surface area contributed by atoms with Crippen molar-refractivity contribution in [1.82, 2.24) is 4.90 Å². The van der Waals surface area contributed by atoms with E-state index in [1.54, 1.807) is 4.90 Å². The summed E-state index contributed by atoms with van der Waals surface area (Å²) in [5, 5.41) is 33.9. The van der Waals surface area contributed by atoms with Crippen LogP contribution in [0.2, 0.25) is 0 Å². The molecule has 0 fully saturated rings. The molecule has 0 aliphatic carbocycles. The Kier molecular flexibility index (Phi) is 25.7. The molecule has 170 valence electrons. The van der Waals surface area contributed by atoms with Gasteiger partial charge in [0, 0.05) is 26.1 Å². The van der Waals surface area contributed by atoms with Crippen molar-refractivity contribution in [3.05, 3.63) is 0 Å². The van der Waals surface area contributed by atoms with Crippen LogP contribution in [0.5, 0.6) is 0 Å². The first-order valence-electron chi connectivity index (χ1n) is 11.2. The molecule has 0 aliphatic rings. The minimum absolute atomic E-state index is 0.0694. The molecule has 0 unspecified atom stereocenters. The summed E-state index contributed by atoms with van der Waals surface area (Å²) in [6.07, 6.45) is 14.4. The predicted molar refractivity (Wildman–Crippen MR) is 116 cm³/mol. The van der Waals surface area contributed by atoms with Crippen molar-refractivity contribution in [2.45, 2.75) is 90.9 Å². The third kappa shape index (κ3) is 27.5. The lowest BCUT2D eigenvalue weighted by atomic mass is 10.0. The summed E-state index contributed by atoms with van der Waals surface area (Å²) >= 11 is 0. The lowest BCUT2D eigenvalue weighted by Gasteiger charge is -2.17. The second kappa shape index (κ2) is 24.3. The number of aliphatic hydroxyl groups excluding tert-OH is 3. The first-order valence-corrected chi connectivity index (χ1v) is 11.2. The van der Waals surface area contributed by atoms with E-state index >= 15 is 0 Å². The monoisotopic (exact) mass is 405 g/mol. The highest BCUT2D eigenvalue weighted by Crippen LogP contribution is 2.13. The summed E-state index contributed by atoms with van der Waals surface area (Å²) in [7, 11) is 0. The number of carboxylic acid groups (broad SMARTS) is 1. The Balaban J connectivity index is 0. The van der Waals surface area contributed by atoms with Crippen LogP contribution < -0.4 is 0 Å². The van der Waals surface area contributed by atoms with E-state index in [9.17, 15) is 4.79 Å². The summed E-state index contributed by atoms with van der Waals surface area (Å²) in [5.74, 6) is 0.201. The topological polar surface area (TPSA) is 101 Å². The number of nitrogens with zero attached hydrogens (tertiary/aromatic N) is 1. The van der Waals surface area contributed by atoms with Crippen LogP contribution >= 0.6 is 0 Å². The van der Waals surface area contributed by atoms with Crippen LogP contribution in [0.15, 0.2) is 0 Å². The van der Waals surface area contributed by atoms with Gasteiger partial charge in [-0.25, -0.2) is 0 Å². The van der Waals surface area contributed by atoms with E-state index in [0.29, 0.717) is 26.1 Å². The molecule has 0 radical (unpaired) electrons. The SMILES string of the molecule is CC(C)CCCCCCCCCCCCC(=O)O.OCCN(CCO)CCO. The molecule has 0 amide bonds. The van der Waals surface area contributed by atoms with Gasteiger partial charge in [0.15, 0.2) is 0 Å². The van der Waals surface area contributed by atoms with Gasteiger partial charge in [0.1, 0.15) is 0 Å². The number of unbranched alkanes of at least 4 members (excludes halogenated alkanes) is 9. The molecule has 0 spiro atoms. The average Bonchev–Trinajstić information content (AvgIpc) is 2.63. The molecule has 0 aromatic heterocycles. The van der Waals surface area contributed by atoms with Crippen LogP contribution in [0.4, 0.5) is 0 Å². The van der Waals surface area contributed by atoms with Gasteiger partial charge in [-0.1, -0.05) is 78.1 Å². The number of hydrogen-bond donors (Lipinski definition) is 4. The second-order valence-electron chi connectivity index (χ2n) is 7.87. The van der Waals surface area contributed by atoms with Gasteiger partial charge in [-0.3, -0.25) is 9.69 Å². The van der Waals surface area contributed by atoms with Gasteiger partial charge < -0.3 is 20.4 Å². The first-order chi connectivity index (χ1) is 13.5. The standard InChI is InChI=1S/C16H32O2.C6H15NO3/c1-15(2)13-11-9-7-5-3-4-6-8-10-12-14-16(17)18;8-4-1-7(2-5-9)3-6-10/h15H,3-14H2,1-2H3,(H,17,18);8-10H,1-6H2. The molecule has 0 aliphatic heterocycles. The smallest absolute Gasteiger partial charge is 0.303 e. The summed E-state index contributed by atoms with van der Waals surface area (Å²) in [6.45, 7) is 6.35. The van der Waals surface area contributed by atoms with Crippen molar-refractivity contribution >= 4 is 5.97 Å². The molecule has 0 saturated carbocycles. The number of aliphatic carboxylic acids is 1. The van der Waals surface area contributed by atoms with E-state index in [4.69, 9.17) is 20.4 Å². The highest BCUT2D eigenvalue weighted by Gasteiger charge is 2.00. The van der Waals surface area contributed by atoms with E-state index in [1.165, 1.54) is 57.8 Å². The fourth-order valence-corrected chi connectivity index (χ4v) is 3.00. The number of aliphatic hydroxyl groups is 3. The summed E-state index contributed by atoms with van der Waals surface area (Å²) in [4.78, 5) is 12.1. The highest BCUT2D eigenvalue weighted by atomic mass is 16.4. The molecule has 0 atom stereocenters. The third-order valence-electron chi connectivity index (χ3n) is 4.67. The van der Waals surface area contributed by atoms with Gasteiger partial charge in [-0.2, -0.15) is 0 Å². The Morgan fingerprint density at radius 3 is 1.36 bits per heavy atom. The Morgan fingerprint density at radius 2 is 1.04 bits per heavy atom. The minimum Gasteiger partial charge on any atom is -0.481 e. The summed E-state index contributed by atoms with van der Waals surface area (Å²) in [5.41, 5.74) is 0. The first kappa shape index (κ1) is 29.5. The molecule has 4 N–H and O–H groups in total. The Bertz CT molecular complexity index is 299. The van der Waals surface area contributed by atoms with Crippen molar-refractivity contribution < 1.29 is 25.2 Å². The van der Waals surface area contributed by atoms with E-state index in [-0.39, 0.29) is 19.8 Å². The molecule has 28 heavy (non-hydrogen) atoms. The van der Waals surface area contributed by atoms with Gasteiger partial charge in [0.2, 0.25) is 0 Å². The summed E-state index contributed by atoms with van der Waals surface area (Å²) in [6, 6.07) is 0. The van der Waals surface area contributed by atoms with Crippen molar-refractivity contribution in [1.29, 1.82) is 0 Å². The highest BCUT2D eigenvalue weighted by molar-refractivity contribution is 5.66. The minimum atomic E-state index is -0.656. The third-order valence-corrected chi connectivity index (χ3v) is 4.67.